The summed E-state index contributed by atoms with van der Waals surface area (Å²) in [6.45, 7) is 4.28. The Balaban J connectivity index is 2.19. The summed E-state index contributed by atoms with van der Waals surface area (Å²) in [7, 11) is 0. The highest BCUT2D eigenvalue weighted by atomic mass is 79.9. The molecule has 0 fully saturated rings. The molecule has 1 aromatic rings. The van der Waals surface area contributed by atoms with Gasteiger partial charge in [0.2, 0.25) is 0 Å². The van der Waals surface area contributed by atoms with Crippen LogP contribution in [0.1, 0.15) is 19.8 Å². The standard InChI is InChI=1S/C12H17BrFNO/c1-2-3-7-16-8-6-15-10-4-5-11(13)12(14)9-10/h4-5,9,15H,2-3,6-8H2,1H3. The summed E-state index contributed by atoms with van der Waals surface area (Å²) < 4.78 is 19.0. The second kappa shape index (κ2) is 7.63. The smallest absolute Gasteiger partial charge is 0.139 e. The monoisotopic (exact) mass is 289 g/mol. The van der Waals surface area contributed by atoms with E-state index in [0.29, 0.717) is 17.6 Å². The Kier molecular flexibility index (Phi) is 6.42. The largest absolute Gasteiger partial charge is 0.383 e. The number of benzene rings is 1. The molecule has 0 amide bonds. The summed E-state index contributed by atoms with van der Waals surface area (Å²) in [4.78, 5) is 0. The first-order valence-corrected chi connectivity index (χ1v) is 6.30. The van der Waals surface area contributed by atoms with Crippen molar-refractivity contribution in [3.8, 4) is 0 Å². The Labute approximate surface area is 104 Å². The first-order valence-electron chi connectivity index (χ1n) is 5.50. The maximum Gasteiger partial charge on any atom is 0.139 e. The van der Waals surface area contributed by atoms with E-state index >= 15 is 0 Å². The zero-order valence-corrected chi connectivity index (χ0v) is 11.0. The van der Waals surface area contributed by atoms with Crippen LogP contribution in [0.15, 0.2) is 22.7 Å². The molecule has 0 spiro atoms. The molecule has 90 valence electrons. The van der Waals surface area contributed by atoms with Crippen molar-refractivity contribution >= 4 is 21.6 Å². The molecule has 0 aliphatic heterocycles. The van der Waals surface area contributed by atoms with Gasteiger partial charge in [-0.05, 0) is 40.5 Å². The van der Waals surface area contributed by atoms with Crippen molar-refractivity contribution in [1.29, 1.82) is 0 Å². The average molecular weight is 290 g/mol. The van der Waals surface area contributed by atoms with Crippen LogP contribution in [0.4, 0.5) is 10.1 Å². The van der Waals surface area contributed by atoms with Crippen molar-refractivity contribution in [2.75, 3.05) is 25.1 Å². The number of halogens is 2. The second-order valence-corrected chi connectivity index (χ2v) is 4.38. The summed E-state index contributed by atoms with van der Waals surface area (Å²) in [5, 5.41) is 3.10. The highest BCUT2D eigenvalue weighted by Crippen LogP contribution is 2.18. The molecular weight excluding hydrogens is 273 g/mol. The molecule has 1 aromatic carbocycles. The van der Waals surface area contributed by atoms with Gasteiger partial charge in [-0.1, -0.05) is 13.3 Å². The van der Waals surface area contributed by atoms with Gasteiger partial charge in [0, 0.05) is 18.8 Å². The summed E-state index contributed by atoms with van der Waals surface area (Å²) in [6, 6.07) is 4.99. The molecule has 2 nitrogen and oxygen atoms in total. The molecule has 0 heterocycles. The quantitative estimate of drug-likeness (QED) is 0.771. The summed E-state index contributed by atoms with van der Waals surface area (Å²) in [5.74, 6) is -0.253. The maximum absolute atomic E-state index is 13.1. The van der Waals surface area contributed by atoms with Crippen molar-refractivity contribution in [2.45, 2.75) is 19.8 Å². The molecule has 0 radical (unpaired) electrons. The van der Waals surface area contributed by atoms with Gasteiger partial charge >= 0.3 is 0 Å². The molecule has 0 aliphatic rings. The fourth-order valence-electron chi connectivity index (χ4n) is 1.22. The molecule has 1 rings (SSSR count). The number of ether oxygens (including phenoxy) is 1. The Hall–Kier alpha value is -0.610. The fourth-order valence-corrected chi connectivity index (χ4v) is 1.47. The van der Waals surface area contributed by atoms with Crippen LogP contribution in [0.3, 0.4) is 0 Å². The minimum atomic E-state index is -0.253. The van der Waals surface area contributed by atoms with Crippen LogP contribution in [-0.4, -0.2) is 19.8 Å². The fraction of sp³-hybridized carbons (Fsp3) is 0.500. The summed E-state index contributed by atoms with van der Waals surface area (Å²) in [5.41, 5.74) is 0.778. The van der Waals surface area contributed by atoms with E-state index in [1.807, 2.05) is 6.07 Å². The summed E-state index contributed by atoms with van der Waals surface area (Å²) >= 11 is 3.11. The zero-order valence-electron chi connectivity index (χ0n) is 9.43. The molecule has 0 saturated carbocycles. The molecule has 0 atom stereocenters. The van der Waals surface area contributed by atoms with Crippen molar-refractivity contribution < 1.29 is 9.13 Å². The van der Waals surface area contributed by atoms with Crippen LogP contribution < -0.4 is 5.32 Å². The van der Waals surface area contributed by atoms with Crippen molar-refractivity contribution in [3.05, 3.63) is 28.5 Å². The second-order valence-electron chi connectivity index (χ2n) is 3.52. The third-order valence-corrected chi connectivity index (χ3v) is 2.78. The third-order valence-electron chi connectivity index (χ3n) is 2.14. The molecule has 0 bridgehead atoms. The van der Waals surface area contributed by atoms with Gasteiger partial charge in [0.05, 0.1) is 11.1 Å². The summed E-state index contributed by atoms with van der Waals surface area (Å²) in [6.07, 6.45) is 2.23. The first-order chi connectivity index (χ1) is 7.74. The van der Waals surface area contributed by atoms with Gasteiger partial charge in [-0.3, -0.25) is 0 Å². The highest BCUT2D eigenvalue weighted by molar-refractivity contribution is 9.10. The Morgan fingerprint density at radius 2 is 2.19 bits per heavy atom. The van der Waals surface area contributed by atoms with Crippen molar-refractivity contribution in [2.24, 2.45) is 0 Å². The lowest BCUT2D eigenvalue weighted by molar-refractivity contribution is 0.141. The maximum atomic E-state index is 13.1. The van der Waals surface area contributed by atoms with Crippen LogP contribution in [0, 0.1) is 5.82 Å². The van der Waals surface area contributed by atoms with Crippen LogP contribution in [0.25, 0.3) is 0 Å². The number of rotatable bonds is 7. The molecule has 1 N–H and O–H groups in total. The SMILES string of the molecule is CCCCOCCNc1ccc(Br)c(F)c1. The van der Waals surface area contributed by atoms with Crippen LogP contribution in [0.5, 0.6) is 0 Å². The predicted octanol–water partition coefficient (Wildman–Crippen LogP) is 3.82. The minimum absolute atomic E-state index is 0.253. The molecule has 0 unspecified atom stereocenters. The Morgan fingerprint density at radius 3 is 2.88 bits per heavy atom. The van der Waals surface area contributed by atoms with E-state index in [-0.39, 0.29) is 5.82 Å². The van der Waals surface area contributed by atoms with Crippen molar-refractivity contribution in [1.82, 2.24) is 0 Å². The molecular formula is C12H17BrFNO. The number of hydrogen-bond donors (Lipinski definition) is 1. The lowest BCUT2D eigenvalue weighted by Crippen LogP contribution is -2.10. The highest BCUT2D eigenvalue weighted by Gasteiger charge is 1.99. The van der Waals surface area contributed by atoms with Gasteiger partial charge in [-0.25, -0.2) is 4.39 Å². The number of unbranched alkanes of at least 4 members (excludes halogenated alkanes) is 1. The van der Waals surface area contributed by atoms with Gasteiger partial charge in [0.25, 0.3) is 0 Å². The van der Waals surface area contributed by atoms with Gasteiger partial charge in [-0.2, -0.15) is 0 Å². The van der Waals surface area contributed by atoms with Crippen LogP contribution in [0.2, 0.25) is 0 Å². The van der Waals surface area contributed by atoms with E-state index in [1.165, 1.54) is 6.07 Å². The van der Waals surface area contributed by atoms with E-state index in [1.54, 1.807) is 6.07 Å². The number of hydrogen-bond acceptors (Lipinski definition) is 2. The molecule has 4 heteroatoms. The lowest BCUT2D eigenvalue weighted by Gasteiger charge is -2.07. The van der Waals surface area contributed by atoms with E-state index < -0.39 is 0 Å². The topological polar surface area (TPSA) is 21.3 Å². The molecule has 0 aliphatic carbocycles. The van der Waals surface area contributed by atoms with Gasteiger partial charge in [0.1, 0.15) is 5.82 Å². The Bertz CT molecular complexity index is 320. The first kappa shape index (κ1) is 13.5. The van der Waals surface area contributed by atoms with Crippen LogP contribution >= 0.6 is 15.9 Å². The zero-order chi connectivity index (χ0) is 11.8. The van der Waals surface area contributed by atoms with E-state index in [2.05, 4.69) is 28.2 Å². The molecule has 0 saturated heterocycles. The Morgan fingerprint density at radius 1 is 1.38 bits per heavy atom. The molecule has 16 heavy (non-hydrogen) atoms. The van der Waals surface area contributed by atoms with E-state index in [9.17, 15) is 4.39 Å². The van der Waals surface area contributed by atoms with E-state index in [0.717, 1.165) is 25.1 Å². The van der Waals surface area contributed by atoms with Crippen molar-refractivity contribution in [3.63, 3.8) is 0 Å². The molecule has 0 aromatic heterocycles. The van der Waals surface area contributed by atoms with Gasteiger partial charge in [0.15, 0.2) is 0 Å². The van der Waals surface area contributed by atoms with Gasteiger partial charge in [-0.15, -0.1) is 0 Å². The number of nitrogens with one attached hydrogen (secondary N) is 1. The minimum Gasteiger partial charge on any atom is -0.383 e. The van der Waals surface area contributed by atoms with Gasteiger partial charge < -0.3 is 10.1 Å². The number of anilines is 1. The van der Waals surface area contributed by atoms with Crippen LogP contribution in [-0.2, 0) is 4.74 Å². The average Bonchev–Trinajstić information content (AvgIpc) is 2.28. The normalized spacial score (nSPS) is 10.4. The predicted molar refractivity (Wildman–Crippen MR) is 68.3 cm³/mol. The lowest BCUT2D eigenvalue weighted by atomic mass is 10.3. The third kappa shape index (κ3) is 4.94. The van der Waals surface area contributed by atoms with E-state index in [4.69, 9.17) is 4.74 Å².